The topological polar surface area (TPSA) is 93.7 Å². The molecule has 1 aliphatic heterocycles. The van der Waals surface area contributed by atoms with Gasteiger partial charge in [0.2, 0.25) is 0 Å². The van der Waals surface area contributed by atoms with Gasteiger partial charge in [-0.15, -0.1) is 0 Å². The monoisotopic (exact) mass is 410 g/mol. The number of esters is 2. The van der Waals surface area contributed by atoms with Gasteiger partial charge < -0.3 is 20.1 Å². The van der Waals surface area contributed by atoms with Crippen LogP contribution in [0.4, 0.5) is 0 Å². The summed E-state index contributed by atoms with van der Waals surface area (Å²) in [4.78, 5) is 36.7. The molecule has 0 saturated heterocycles. The second-order valence-electron chi connectivity index (χ2n) is 6.12. The molecule has 0 bridgehead atoms. The first-order valence-electron chi connectivity index (χ1n) is 8.64. The van der Waals surface area contributed by atoms with Gasteiger partial charge in [-0.25, -0.2) is 9.59 Å². The lowest BCUT2D eigenvalue weighted by atomic mass is 9.89. The first-order chi connectivity index (χ1) is 14.0. The normalized spacial score (nSPS) is 15.8. The molecule has 1 aliphatic rings. The summed E-state index contributed by atoms with van der Waals surface area (Å²) in [7, 11) is 2.45. The average molecular weight is 410 g/mol. The van der Waals surface area contributed by atoms with Gasteiger partial charge in [0, 0.05) is 0 Å². The molecule has 3 rings (SSSR count). The van der Waals surface area contributed by atoms with Crippen molar-refractivity contribution in [1.82, 2.24) is 10.6 Å². The predicted molar refractivity (Wildman–Crippen MR) is 110 cm³/mol. The molecule has 1 heterocycles. The van der Waals surface area contributed by atoms with E-state index < -0.39 is 23.8 Å². The summed E-state index contributed by atoms with van der Waals surface area (Å²) in [6, 6.07) is 14.9. The SMILES string of the molecule is COC(=O)C(=O)C1=C(c2ccccc2)NC(=S)N[C@@H]1c1ccc(C(=O)OC)cc1. The maximum atomic E-state index is 12.9. The number of ketones is 1. The van der Waals surface area contributed by atoms with E-state index in [1.165, 1.54) is 7.11 Å². The van der Waals surface area contributed by atoms with E-state index in [2.05, 4.69) is 15.4 Å². The Balaban J connectivity index is 2.15. The van der Waals surface area contributed by atoms with Crippen molar-refractivity contribution < 1.29 is 23.9 Å². The van der Waals surface area contributed by atoms with Crippen molar-refractivity contribution in [3.8, 4) is 0 Å². The van der Waals surface area contributed by atoms with Crippen LogP contribution in [-0.4, -0.2) is 37.1 Å². The van der Waals surface area contributed by atoms with Gasteiger partial charge in [-0.2, -0.15) is 0 Å². The van der Waals surface area contributed by atoms with Gasteiger partial charge in [0.1, 0.15) is 0 Å². The summed E-state index contributed by atoms with van der Waals surface area (Å²) >= 11 is 5.32. The van der Waals surface area contributed by atoms with Crippen molar-refractivity contribution in [2.45, 2.75) is 6.04 Å². The summed E-state index contributed by atoms with van der Waals surface area (Å²) < 4.78 is 9.36. The third-order valence-electron chi connectivity index (χ3n) is 4.41. The van der Waals surface area contributed by atoms with E-state index in [9.17, 15) is 14.4 Å². The number of hydrogen-bond acceptors (Lipinski definition) is 6. The highest BCUT2D eigenvalue weighted by atomic mass is 32.1. The largest absolute Gasteiger partial charge is 0.465 e. The molecular formula is C21H18N2O5S. The number of carbonyl (C=O) groups excluding carboxylic acids is 3. The number of nitrogens with one attached hydrogen (secondary N) is 2. The number of Topliss-reactive ketones (excluding diaryl/α,β-unsaturated/α-hetero) is 1. The van der Waals surface area contributed by atoms with E-state index in [-0.39, 0.29) is 5.57 Å². The molecule has 0 radical (unpaired) electrons. The van der Waals surface area contributed by atoms with Gasteiger partial charge in [0.05, 0.1) is 37.1 Å². The fourth-order valence-electron chi connectivity index (χ4n) is 3.02. The Labute approximate surface area is 172 Å². The summed E-state index contributed by atoms with van der Waals surface area (Å²) in [5.74, 6) is -2.26. The fraction of sp³-hybridized carbons (Fsp3) is 0.143. The summed E-state index contributed by atoms with van der Waals surface area (Å²) in [6.45, 7) is 0. The second-order valence-corrected chi connectivity index (χ2v) is 6.53. The molecule has 29 heavy (non-hydrogen) atoms. The fourth-order valence-corrected chi connectivity index (χ4v) is 3.24. The van der Waals surface area contributed by atoms with Gasteiger partial charge in [-0.05, 0) is 35.5 Å². The minimum absolute atomic E-state index is 0.169. The van der Waals surface area contributed by atoms with Crippen molar-refractivity contribution in [1.29, 1.82) is 0 Å². The maximum Gasteiger partial charge on any atom is 0.379 e. The van der Waals surface area contributed by atoms with E-state index in [0.29, 0.717) is 27.5 Å². The maximum absolute atomic E-state index is 12.9. The molecular weight excluding hydrogens is 392 g/mol. The molecule has 0 aliphatic carbocycles. The van der Waals surface area contributed by atoms with Crippen LogP contribution < -0.4 is 10.6 Å². The van der Waals surface area contributed by atoms with Crippen LogP contribution in [0, 0.1) is 0 Å². The second kappa shape index (κ2) is 8.66. The lowest BCUT2D eigenvalue weighted by molar-refractivity contribution is -0.150. The zero-order chi connectivity index (χ0) is 21.0. The predicted octanol–water partition coefficient (Wildman–Crippen LogP) is 2.15. The number of benzene rings is 2. The highest BCUT2D eigenvalue weighted by Crippen LogP contribution is 2.32. The first kappa shape index (κ1) is 20.2. The molecule has 2 aromatic carbocycles. The van der Waals surface area contributed by atoms with Gasteiger partial charge in [-0.3, -0.25) is 4.79 Å². The molecule has 2 N–H and O–H groups in total. The highest BCUT2D eigenvalue weighted by molar-refractivity contribution is 7.80. The Morgan fingerprint density at radius 3 is 2.17 bits per heavy atom. The minimum Gasteiger partial charge on any atom is -0.465 e. The Bertz CT molecular complexity index is 999. The van der Waals surface area contributed by atoms with Crippen molar-refractivity contribution >= 4 is 40.7 Å². The third-order valence-corrected chi connectivity index (χ3v) is 4.63. The Morgan fingerprint density at radius 2 is 1.59 bits per heavy atom. The summed E-state index contributed by atoms with van der Waals surface area (Å²) in [5.41, 5.74) is 2.29. The summed E-state index contributed by atoms with van der Waals surface area (Å²) in [5, 5.41) is 6.30. The van der Waals surface area contributed by atoms with Crippen LogP contribution in [0.1, 0.15) is 27.5 Å². The molecule has 0 spiro atoms. The molecule has 0 aromatic heterocycles. The summed E-state index contributed by atoms with van der Waals surface area (Å²) in [6.07, 6.45) is 0. The van der Waals surface area contributed by atoms with E-state index >= 15 is 0 Å². The van der Waals surface area contributed by atoms with Crippen molar-refractivity contribution in [2.24, 2.45) is 0 Å². The standard InChI is InChI=1S/C21H18N2O5S/c1-27-19(25)14-10-8-13(9-11-14)17-15(18(24)20(26)28-2)16(22-21(29)23-17)12-6-4-3-5-7-12/h3-11,17H,1-2H3,(H2,22,23,29)/t17-/m1/s1. The van der Waals surface area contributed by atoms with Crippen LogP contribution in [0.2, 0.25) is 0 Å². The number of ether oxygens (including phenoxy) is 2. The smallest absolute Gasteiger partial charge is 0.379 e. The Morgan fingerprint density at radius 1 is 0.931 bits per heavy atom. The first-order valence-corrected chi connectivity index (χ1v) is 9.05. The average Bonchev–Trinajstić information content (AvgIpc) is 2.77. The lowest BCUT2D eigenvalue weighted by Gasteiger charge is -2.31. The number of rotatable bonds is 5. The highest BCUT2D eigenvalue weighted by Gasteiger charge is 2.35. The zero-order valence-electron chi connectivity index (χ0n) is 15.7. The molecule has 1 atom stereocenters. The minimum atomic E-state index is -0.985. The molecule has 0 fully saturated rings. The number of thiocarbonyl (C=S) groups is 1. The van der Waals surface area contributed by atoms with Crippen LogP contribution in [0.25, 0.3) is 5.70 Å². The van der Waals surface area contributed by atoms with Crippen LogP contribution in [0.3, 0.4) is 0 Å². The molecule has 7 nitrogen and oxygen atoms in total. The molecule has 148 valence electrons. The molecule has 0 saturated carbocycles. The van der Waals surface area contributed by atoms with Crippen molar-refractivity contribution in [3.05, 3.63) is 76.9 Å². The molecule has 8 heteroatoms. The van der Waals surface area contributed by atoms with Crippen molar-refractivity contribution in [3.63, 3.8) is 0 Å². The lowest BCUT2D eigenvalue weighted by Crippen LogP contribution is -2.46. The van der Waals surface area contributed by atoms with Gasteiger partial charge in [-0.1, -0.05) is 42.5 Å². The zero-order valence-corrected chi connectivity index (χ0v) is 16.5. The van der Waals surface area contributed by atoms with E-state index in [4.69, 9.17) is 17.0 Å². The Kier molecular flexibility index (Phi) is 6.04. The van der Waals surface area contributed by atoms with E-state index in [0.717, 1.165) is 7.11 Å². The van der Waals surface area contributed by atoms with Crippen LogP contribution in [0.15, 0.2) is 60.2 Å². The van der Waals surface area contributed by atoms with E-state index in [1.54, 1.807) is 36.4 Å². The molecule has 0 amide bonds. The van der Waals surface area contributed by atoms with Gasteiger partial charge >= 0.3 is 11.9 Å². The molecule has 0 unspecified atom stereocenters. The Hall–Kier alpha value is -3.52. The van der Waals surface area contributed by atoms with Crippen LogP contribution >= 0.6 is 12.2 Å². The van der Waals surface area contributed by atoms with Gasteiger partial charge in [0.15, 0.2) is 5.11 Å². The van der Waals surface area contributed by atoms with Crippen LogP contribution in [-0.2, 0) is 19.1 Å². The molecule has 2 aromatic rings. The third kappa shape index (κ3) is 4.17. The number of methoxy groups -OCH3 is 2. The van der Waals surface area contributed by atoms with Crippen molar-refractivity contribution in [2.75, 3.05) is 14.2 Å². The van der Waals surface area contributed by atoms with Crippen LogP contribution in [0.5, 0.6) is 0 Å². The number of carbonyl (C=O) groups is 3. The number of hydrogen-bond donors (Lipinski definition) is 2. The van der Waals surface area contributed by atoms with Gasteiger partial charge in [0.25, 0.3) is 5.78 Å². The quantitative estimate of drug-likeness (QED) is 0.440. The van der Waals surface area contributed by atoms with E-state index in [1.807, 2.05) is 18.2 Å².